The molecular formula is C23H29N5O2S2. The second-order valence-corrected chi connectivity index (χ2v) is 11.3. The van der Waals surface area contributed by atoms with Crippen molar-refractivity contribution >= 4 is 39.8 Å². The molecule has 1 unspecified atom stereocenters. The van der Waals surface area contributed by atoms with Crippen LogP contribution in [0.15, 0.2) is 45.4 Å². The van der Waals surface area contributed by atoms with Gasteiger partial charge >= 0.3 is 0 Å². The second kappa shape index (κ2) is 9.54. The highest BCUT2D eigenvalue weighted by Gasteiger charge is 2.25. The Kier molecular flexibility index (Phi) is 6.76. The molecule has 32 heavy (non-hydrogen) atoms. The van der Waals surface area contributed by atoms with Crippen molar-refractivity contribution in [3.8, 4) is 0 Å². The highest BCUT2D eigenvalue weighted by molar-refractivity contribution is 8.00. The summed E-state index contributed by atoms with van der Waals surface area (Å²) < 4.78 is 6.72. The van der Waals surface area contributed by atoms with E-state index in [1.54, 1.807) is 53.6 Å². The quantitative estimate of drug-likeness (QED) is 0.385. The summed E-state index contributed by atoms with van der Waals surface area (Å²) in [5, 5.41) is 4.39. The van der Waals surface area contributed by atoms with Gasteiger partial charge in [0.25, 0.3) is 5.91 Å². The second-order valence-electron chi connectivity index (χ2n) is 9.01. The summed E-state index contributed by atoms with van der Waals surface area (Å²) in [5.41, 5.74) is 8.02. The molecule has 1 atom stereocenters. The summed E-state index contributed by atoms with van der Waals surface area (Å²) in [6.07, 6.45) is 5.60. The van der Waals surface area contributed by atoms with Crippen molar-refractivity contribution in [3.05, 3.63) is 53.9 Å². The highest BCUT2D eigenvalue weighted by Crippen LogP contribution is 2.32. The average Bonchev–Trinajstić information content (AvgIpc) is 3.42. The van der Waals surface area contributed by atoms with Gasteiger partial charge in [-0.15, -0.1) is 11.8 Å². The molecule has 9 heteroatoms. The first-order chi connectivity index (χ1) is 15.3. The first kappa shape index (κ1) is 22.7. The van der Waals surface area contributed by atoms with Gasteiger partial charge in [-0.25, -0.2) is 9.97 Å². The minimum absolute atomic E-state index is 0.0167. The molecule has 1 fully saturated rings. The van der Waals surface area contributed by atoms with Gasteiger partial charge in [-0.05, 0) is 37.1 Å². The maximum absolute atomic E-state index is 12.8. The number of hydrogen-bond acceptors (Lipinski definition) is 8. The number of carbonyl (C=O) groups is 1. The summed E-state index contributed by atoms with van der Waals surface area (Å²) in [5.74, 6) is 1.45. The van der Waals surface area contributed by atoms with Crippen LogP contribution in [0.3, 0.4) is 0 Å². The molecule has 0 saturated carbocycles. The number of piperidine rings is 1. The number of aromatic nitrogens is 2. The van der Waals surface area contributed by atoms with Crippen molar-refractivity contribution in [2.75, 3.05) is 24.1 Å². The molecule has 3 aromatic rings. The molecule has 0 radical (unpaired) electrons. The molecule has 3 N–H and O–H groups in total. The molecule has 170 valence electrons. The number of benzene rings is 1. The van der Waals surface area contributed by atoms with Crippen LogP contribution >= 0.6 is 23.1 Å². The van der Waals surface area contributed by atoms with Gasteiger partial charge < -0.3 is 20.4 Å². The van der Waals surface area contributed by atoms with Gasteiger partial charge in [0.05, 0.1) is 21.9 Å². The number of oxazole rings is 1. The van der Waals surface area contributed by atoms with Crippen LogP contribution in [0.2, 0.25) is 0 Å². The first-order valence-electron chi connectivity index (χ1n) is 10.7. The van der Waals surface area contributed by atoms with E-state index in [9.17, 15) is 4.79 Å². The molecule has 1 amide bonds. The lowest BCUT2D eigenvalue weighted by Gasteiger charge is -2.33. The Morgan fingerprint density at radius 2 is 2.12 bits per heavy atom. The van der Waals surface area contributed by atoms with Crippen molar-refractivity contribution in [3.63, 3.8) is 0 Å². The lowest BCUT2D eigenvalue weighted by molar-refractivity contribution is 0.0715. The molecule has 1 saturated heterocycles. The summed E-state index contributed by atoms with van der Waals surface area (Å²) in [6.45, 7) is 7.81. The number of rotatable bonds is 6. The topological polar surface area (TPSA) is 97.3 Å². The minimum atomic E-state index is -0.0167. The van der Waals surface area contributed by atoms with Gasteiger partial charge in [-0.2, -0.15) is 0 Å². The summed E-state index contributed by atoms with van der Waals surface area (Å²) in [4.78, 5) is 23.8. The Morgan fingerprint density at radius 3 is 2.84 bits per heavy atom. The third-order valence-electron chi connectivity index (χ3n) is 5.34. The zero-order valence-electron chi connectivity index (χ0n) is 18.6. The minimum Gasteiger partial charge on any atom is -0.448 e. The number of likely N-dealkylation sites (tertiary alicyclic amines) is 1. The molecular weight excluding hydrogens is 442 g/mol. The predicted molar refractivity (Wildman–Crippen MR) is 130 cm³/mol. The lowest BCUT2D eigenvalue weighted by Crippen LogP contribution is -2.45. The van der Waals surface area contributed by atoms with E-state index < -0.39 is 0 Å². The average molecular weight is 472 g/mol. The molecule has 2 aromatic heterocycles. The standard InChI is InChI=1S/C23H29N5O2S2/c1-23(2,3)18-13-30-19(27-18)14-31-20-11-25-22(32-20)26-17-5-4-10-28(12-17)21(29)15-6-8-16(24)9-7-15/h6-9,11,13,17H,4-5,10,12,14,24H2,1-3H3,(H,25,26). The van der Waals surface area contributed by atoms with Gasteiger partial charge in [0.15, 0.2) is 5.13 Å². The van der Waals surface area contributed by atoms with Crippen molar-refractivity contribution in [1.82, 2.24) is 14.9 Å². The van der Waals surface area contributed by atoms with E-state index in [-0.39, 0.29) is 17.4 Å². The zero-order valence-corrected chi connectivity index (χ0v) is 20.3. The Morgan fingerprint density at radius 1 is 1.34 bits per heavy atom. The van der Waals surface area contributed by atoms with Crippen LogP contribution in [0.5, 0.6) is 0 Å². The fourth-order valence-corrected chi connectivity index (χ4v) is 5.31. The maximum atomic E-state index is 12.8. The zero-order chi connectivity index (χ0) is 22.7. The van der Waals surface area contributed by atoms with Crippen LogP contribution < -0.4 is 11.1 Å². The van der Waals surface area contributed by atoms with Crippen molar-refractivity contribution in [1.29, 1.82) is 0 Å². The van der Waals surface area contributed by atoms with Gasteiger partial charge in [-0.1, -0.05) is 32.1 Å². The molecule has 0 bridgehead atoms. The van der Waals surface area contributed by atoms with Crippen molar-refractivity contribution < 1.29 is 9.21 Å². The summed E-state index contributed by atoms with van der Waals surface area (Å²) in [6, 6.07) is 7.30. The molecule has 0 aliphatic carbocycles. The van der Waals surface area contributed by atoms with Gasteiger partial charge in [-0.3, -0.25) is 4.79 Å². The number of nitrogen functional groups attached to an aromatic ring is 1. The molecule has 1 aromatic carbocycles. The normalized spacial score (nSPS) is 16.8. The van der Waals surface area contributed by atoms with E-state index in [0.717, 1.165) is 40.3 Å². The number of thioether (sulfide) groups is 1. The lowest BCUT2D eigenvalue weighted by atomic mass is 9.93. The number of nitrogens with one attached hydrogen (secondary N) is 1. The molecule has 1 aliphatic heterocycles. The third-order valence-corrected chi connectivity index (χ3v) is 7.44. The van der Waals surface area contributed by atoms with E-state index in [0.29, 0.717) is 23.5 Å². The SMILES string of the molecule is CC(C)(C)c1coc(CSc2cnc(NC3CCCN(C(=O)c4ccc(N)cc4)C3)s2)n1. The number of nitrogens with two attached hydrogens (primary N) is 1. The van der Waals surface area contributed by atoms with Gasteiger partial charge in [0.2, 0.25) is 5.89 Å². The number of carbonyl (C=O) groups excluding carboxylic acids is 1. The Bertz CT molecular complexity index is 1060. The molecule has 3 heterocycles. The van der Waals surface area contributed by atoms with Crippen molar-refractivity contribution in [2.24, 2.45) is 0 Å². The van der Waals surface area contributed by atoms with Crippen LogP contribution in [0.25, 0.3) is 0 Å². The largest absolute Gasteiger partial charge is 0.448 e. The number of amides is 1. The summed E-state index contributed by atoms with van der Waals surface area (Å²) in [7, 11) is 0. The van der Waals surface area contributed by atoms with Gasteiger partial charge in [0.1, 0.15) is 6.26 Å². The Labute approximate surface area is 196 Å². The Hall–Kier alpha value is -2.52. The van der Waals surface area contributed by atoms with E-state index in [1.165, 1.54) is 0 Å². The van der Waals surface area contributed by atoms with Crippen LogP contribution in [0, 0.1) is 0 Å². The predicted octanol–water partition coefficient (Wildman–Crippen LogP) is 5.02. The fourth-order valence-electron chi connectivity index (χ4n) is 3.51. The number of nitrogens with zero attached hydrogens (tertiary/aromatic N) is 3. The monoisotopic (exact) mass is 471 g/mol. The highest BCUT2D eigenvalue weighted by atomic mass is 32.2. The third kappa shape index (κ3) is 5.63. The Balaban J connectivity index is 1.30. The van der Waals surface area contributed by atoms with Crippen LogP contribution in [-0.4, -0.2) is 39.9 Å². The van der Waals surface area contributed by atoms with E-state index in [2.05, 4.69) is 36.1 Å². The number of thiazole rings is 1. The van der Waals surface area contributed by atoms with E-state index in [1.807, 2.05) is 11.1 Å². The number of anilines is 2. The van der Waals surface area contributed by atoms with Crippen LogP contribution in [0.1, 0.15) is 55.6 Å². The van der Waals surface area contributed by atoms with Crippen LogP contribution in [0.4, 0.5) is 10.8 Å². The smallest absolute Gasteiger partial charge is 0.253 e. The van der Waals surface area contributed by atoms with Crippen LogP contribution in [-0.2, 0) is 11.2 Å². The first-order valence-corrected chi connectivity index (χ1v) is 12.5. The molecule has 7 nitrogen and oxygen atoms in total. The van der Waals surface area contributed by atoms with E-state index in [4.69, 9.17) is 10.2 Å². The molecule has 0 spiro atoms. The fraction of sp³-hybridized carbons (Fsp3) is 0.435. The maximum Gasteiger partial charge on any atom is 0.253 e. The summed E-state index contributed by atoms with van der Waals surface area (Å²) >= 11 is 3.29. The van der Waals surface area contributed by atoms with Crippen molar-refractivity contribution in [2.45, 2.75) is 55.0 Å². The van der Waals surface area contributed by atoms with E-state index >= 15 is 0 Å². The van der Waals surface area contributed by atoms with Gasteiger partial charge in [0, 0.05) is 35.8 Å². The molecule has 4 rings (SSSR count). The molecule has 1 aliphatic rings. The number of hydrogen-bond donors (Lipinski definition) is 2.